The molecule has 1 saturated heterocycles. The van der Waals surface area contributed by atoms with Crippen molar-refractivity contribution in [2.45, 2.75) is 52.2 Å². The van der Waals surface area contributed by atoms with Crippen LogP contribution in [0.1, 0.15) is 39.3 Å². The average Bonchev–Trinajstić information content (AvgIpc) is 2.44. The molecule has 23 heavy (non-hydrogen) atoms. The molecule has 0 spiro atoms. The maximum atomic E-state index is 12.2. The summed E-state index contributed by atoms with van der Waals surface area (Å²) in [5.74, 6) is 0.810. The molecule has 1 fully saturated rings. The van der Waals surface area contributed by atoms with Crippen LogP contribution in [0, 0.1) is 6.92 Å². The lowest BCUT2D eigenvalue weighted by atomic mass is 10.0. The van der Waals surface area contributed by atoms with Gasteiger partial charge in [-0.25, -0.2) is 14.8 Å². The number of piperidine rings is 1. The Hall–Kier alpha value is -1.56. The van der Waals surface area contributed by atoms with E-state index in [0.717, 1.165) is 30.9 Å². The third kappa shape index (κ3) is 4.96. The van der Waals surface area contributed by atoms with Crippen LogP contribution in [-0.2, 0) is 4.74 Å². The highest BCUT2D eigenvalue weighted by Gasteiger charge is 2.29. The third-order valence-corrected chi connectivity index (χ3v) is 3.93. The summed E-state index contributed by atoms with van der Waals surface area (Å²) in [5, 5.41) is 0.252. The van der Waals surface area contributed by atoms with Crippen LogP contribution in [0.5, 0.6) is 0 Å². The summed E-state index contributed by atoms with van der Waals surface area (Å²) in [4.78, 5) is 24.5. The standard InChI is InChI=1S/C16H25ClN4O2/c1-11-9-13(19-14(17)18-11)21-8-6-7-12(10-21)20(5)15(22)23-16(2,3)4/h9,12H,6-8,10H2,1-5H3. The number of carbonyl (C=O) groups is 1. The predicted octanol–water partition coefficient (Wildman–Crippen LogP) is 3.27. The highest BCUT2D eigenvalue weighted by molar-refractivity contribution is 6.28. The Kier molecular flexibility index (Phi) is 5.34. The Labute approximate surface area is 142 Å². The van der Waals surface area contributed by atoms with Crippen LogP contribution in [-0.4, -0.2) is 52.7 Å². The highest BCUT2D eigenvalue weighted by atomic mass is 35.5. The molecule has 1 aromatic heterocycles. The fraction of sp³-hybridized carbons (Fsp3) is 0.688. The number of amides is 1. The number of aryl methyl sites for hydroxylation is 1. The minimum atomic E-state index is -0.489. The lowest BCUT2D eigenvalue weighted by Crippen LogP contribution is -2.50. The van der Waals surface area contributed by atoms with Gasteiger partial charge in [0.1, 0.15) is 11.4 Å². The van der Waals surface area contributed by atoms with Crippen LogP contribution >= 0.6 is 11.6 Å². The molecule has 1 amide bonds. The molecule has 0 N–H and O–H groups in total. The van der Waals surface area contributed by atoms with Gasteiger partial charge in [-0.2, -0.15) is 0 Å². The molecule has 0 bridgehead atoms. The molecule has 7 heteroatoms. The number of hydrogen-bond acceptors (Lipinski definition) is 5. The molecule has 1 aliphatic heterocycles. The number of anilines is 1. The molecule has 6 nitrogen and oxygen atoms in total. The molecule has 128 valence electrons. The third-order valence-electron chi connectivity index (χ3n) is 3.76. The summed E-state index contributed by atoms with van der Waals surface area (Å²) in [6, 6.07) is 2.01. The van der Waals surface area contributed by atoms with Gasteiger partial charge >= 0.3 is 6.09 Å². The molecule has 1 aliphatic rings. The minimum Gasteiger partial charge on any atom is -0.444 e. The van der Waals surface area contributed by atoms with E-state index in [-0.39, 0.29) is 17.4 Å². The maximum Gasteiger partial charge on any atom is 0.410 e. The van der Waals surface area contributed by atoms with Crippen molar-refractivity contribution in [1.82, 2.24) is 14.9 Å². The van der Waals surface area contributed by atoms with E-state index >= 15 is 0 Å². The summed E-state index contributed by atoms with van der Waals surface area (Å²) < 4.78 is 5.45. The Morgan fingerprint density at radius 2 is 2.13 bits per heavy atom. The van der Waals surface area contributed by atoms with E-state index < -0.39 is 5.60 Å². The van der Waals surface area contributed by atoms with E-state index in [4.69, 9.17) is 16.3 Å². The zero-order valence-electron chi connectivity index (χ0n) is 14.5. The van der Waals surface area contributed by atoms with Gasteiger partial charge in [0.05, 0.1) is 6.04 Å². The van der Waals surface area contributed by atoms with Crippen LogP contribution in [0.2, 0.25) is 5.28 Å². The molecular formula is C16H25ClN4O2. The van der Waals surface area contributed by atoms with E-state index in [9.17, 15) is 4.79 Å². The summed E-state index contributed by atoms with van der Waals surface area (Å²) in [6.45, 7) is 9.12. The zero-order valence-corrected chi connectivity index (χ0v) is 15.2. The van der Waals surface area contributed by atoms with Gasteiger partial charge in [0, 0.05) is 31.9 Å². The van der Waals surface area contributed by atoms with Gasteiger partial charge in [0.2, 0.25) is 5.28 Å². The van der Waals surface area contributed by atoms with E-state index in [2.05, 4.69) is 14.9 Å². The second kappa shape index (κ2) is 6.91. The smallest absolute Gasteiger partial charge is 0.410 e. The number of aromatic nitrogens is 2. The van der Waals surface area contributed by atoms with Crippen molar-refractivity contribution in [2.24, 2.45) is 0 Å². The topological polar surface area (TPSA) is 58.6 Å². The van der Waals surface area contributed by atoms with Gasteiger partial charge in [0.15, 0.2) is 0 Å². The van der Waals surface area contributed by atoms with Gasteiger partial charge in [-0.1, -0.05) is 0 Å². The Balaban J connectivity index is 2.07. The molecule has 1 unspecified atom stereocenters. The van der Waals surface area contributed by atoms with Crippen LogP contribution < -0.4 is 4.90 Å². The van der Waals surface area contributed by atoms with Crippen molar-refractivity contribution in [1.29, 1.82) is 0 Å². The summed E-state index contributed by atoms with van der Waals surface area (Å²) >= 11 is 5.96. The van der Waals surface area contributed by atoms with Crippen LogP contribution in [0.4, 0.5) is 10.6 Å². The van der Waals surface area contributed by atoms with Gasteiger partial charge in [-0.15, -0.1) is 0 Å². The van der Waals surface area contributed by atoms with Crippen molar-refractivity contribution in [3.63, 3.8) is 0 Å². The fourth-order valence-electron chi connectivity index (χ4n) is 2.64. The first-order chi connectivity index (χ1) is 10.7. The van der Waals surface area contributed by atoms with Crippen LogP contribution in [0.3, 0.4) is 0 Å². The Morgan fingerprint density at radius 3 is 2.74 bits per heavy atom. The van der Waals surface area contributed by atoms with Crippen LogP contribution in [0.15, 0.2) is 6.07 Å². The Bertz CT molecular complexity index is 553. The van der Waals surface area contributed by atoms with Crippen molar-refractivity contribution in [3.05, 3.63) is 17.0 Å². The normalized spacial score (nSPS) is 18.7. The number of hydrogen-bond donors (Lipinski definition) is 0. The second-order valence-corrected chi connectivity index (χ2v) is 7.31. The largest absolute Gasteiger partial charge is 0.444 e. The molecular weight excluding hydrogens is 316 g/mol. The summed E-state index contributed by atoms with van der Waals surface area (Å²) in [6.07, 6.45) is 1.64. The first kappa shape index (κ1) is 17.8. The first-order valence-corrected chi connectivity index (χ1v) is 8.25. The Morgan fingerprint density at radius 1 is 1.43 bits per heavy atom. The van der Waals surface area contributed by atoms with Crippen molar-refractivity contribution in [3.8, 4) is 0 Å². The molecule has 2 heterocycles. The molecule has 0 saturated carbocycles. The van der Waals surface area contributed by atoms with Crippen LogP contribution in [0.25, 0.3) is 0 Å². The molecule has 0 aliphatic carbocycles. The number of halogens is 1. The van der Waals surface area contributed by atoms with Gasteiger partial charge in [-0.3, -0.25) is 0 Å². The number of carbonyl (C=O) groups excluding carboxylic acids is 1. The van der Waals surface area contributed by atoms with E-state index in [1.165, 1.54) is 0 Å². The number of nitrogens with zero attached hydrogens (tertiary/aromatic N) is 4. The minimum absolute atomic E-state index is 0.0904. The van der Waals surface area contributed by atoms with Crippen molar-refractivity contribution < 1.29 is 9.53 Å². The van der Waals surface area contributed by atoms with Gasteiger partial charge in [-0.05, 0) is 52.1 Å². The average molecular weight is 341 g/mol. The monoisotopic (exact) mass is 340 g/mol. The SMILES string of the molecule is Cc1cc(N2CCCC(N(C)C(=O)OC(C)(C)C)C2)nc(Cl)n1. The van der Waals surface area contributed by atoms with E-state index in [1.54, 1.807) is 11.9 Å². The zero-order chi connectivity index (χ0) is 17.2. The molecule has 1 aromatic rings. The molecule has 0 radical (unpaired) electrons. The maximum absolute atomic E-state index is 12.2. The van der Waals surface area contributed by atoms with E-state index in [0.29, 0.717) is 6.54 Å². The van der Waals surface area contributed by atoms with Crippen molar-refractivity contribution >= 4 is 23.5 Å². The summed E-state index contributed by atoms with van der Waals surface area (Å²) in [5.41, 5.74) is 0.347. The van der Waals surface area contributed by atoms with Gasteiger partial charge in [0.25, 0.3) is 0 Å². The van der Waals surface area contributed by atoms with E-state index in [1.807, 2.05) is 33.8 Å². The van der Waals surface area contributed by atoms with Gasteiger partial charge < -0.3 is 14.5 Å². The first-order valence-electron chi connectivity index (χ1n) is 7.87. The lowest BCUT2D eigenvalue weighted by Gasteiger charge is -2.38. The second-order valence-electron chi connectivity index (χ2n) is 6.97. The highest BCUT2D eigenvalue weighted by Crippen LogP contribution is 2.23. The molecule has 2 rings (SSSR count). The lowest BCUT2D eigenvalue weighted by molar-refractivity contribution is 0.0209. The number of ether oxygens (including phenoxy) is 1. The number of rotatable bonds is 2. The number of likely N-dealkylation sites (N-methyl/N-ethyl adjacent to an activating group) is 1. The molecule has 0 aromatic carbocycles. The van der Waals surface area contributed by atoms with Crippen molar-refractivity contribution in [2.75, 3.05) is 25.0 Å². The summed E-state index contributed by atoms with van der Waals surface area (Å²) in [7, 11) is 1.79. The predicted molar refractivity (Wildman–Crippen MR) is 91.0 cm³/mol. The molecule has 1 atom stereocenters. The fourth-order valence-corrected chi connectivity index (χ4v) is 2.86. The quantitative estimate of drug-likeness (QED) is 0.773.